The number of fused-ring (bicyclic) bond motifs is 1. The molecular weight excluding hydrogens is 352 g/mol. The molecule has 0 spiro atoms. The average Bonchev–Trinajstić information content (AvgIpc) is 3.25. The first kappa shape index (κ1) is 17.8. The Morgan fingerprint density at radius 3 is 2.52 bits per heavy atom. The van der Waals surface area contributed by atoms with Gasteiger partial charge in [-0.25, -0.2) is 4.98 Å². The fourth-order valence-corrected chi connectivity index (χ4v) is 3.33. The van der Waals surface area contributed by atoms with Crippen LogP contribution >= 0.6 is 0 Å². The monoisotopic (exact) mass is 374 g/mol. The summed E-state index contributed by atoms with van der Waals surface area (Å²) >= 11 is 0. The fourth-order valence-electron chi connectivity index (χ4n) is 3.33. The molecule has 27 heavy (non-hydrogen) atoms. The highest BCUT2D eigenvalue weighted by Gasteiger charge is 2.40. The molecule has 8 nitrogen and oxygen atoms in total. The van der Waals surface area contributed by atoms with Crippen LogP contribution in [0.3, 0.4) is 0 Å². The van der Waals surface area contributed by atoms with E-state index in [2.05, 4.69) is 4.98 Å². The van der Waals surface area contributed by atoms with Crippen LogP contribution in [0.15, 0.2) is 35.1 Å². The van der Waals surface area contributed by atoms with E-state index in [1.807, 2.05) is 24.3 Å². The van der Waals surface area contributed by atoms with Gasteiger partial charge in [-0.3, -0.25) is 4.79 Å². The lowest BCUT2D eigenvalue weighted by Gasteiger charge is -2.19. The lowest BCUT2D eigenvalue weighted by Crippen LogP contribution is -2.33. The zero-order chi connectivity index (χ0) is 18.8. The van der Waals surface area contributed by atoms with Crippen LogP contribution in [0.4, 0.5) is 0 Å². The van der Waals surface area contributed by atoms with Crippen molar-refractivity contribution in [2.75, 3.05) is 33.4 Å². The highest BCUT2D eigenvalue weighted by molar-refractivity contribution is 5.92. The third-order valence-corrected chi connectivity index (χ3v) is 4.78. The fraction of sp³-hybridized carbons (Fsp3) is 0.474. The smallest absolute Gasteiger partial charge is 0.291 e. The van der Waals surface area contributed by atoms with E-state index < -0.39 is 0 Å². The molecule has 0 bridgehead atoms. The van der Waals surface area contributed by atoms with Crippen molar-refractivity contribution in [3.63, 3.8) is 0 Å². The molecule has 2 aromatic rings. The molecule has 0 radical (unpaired) electrons. The Hall–Kier alpha value is -2.58. The third-order valence-electron chi connectivity index (χ3n) is 4.78. The van der Waals surface area contributed by atoms with Crippen molar-refractivity contribution in [2.24, 2.45) is 0 Å². The Kier molecular flexibility index (Phi) is 5.00. The Labute approximate surface area is 157 Å². The van der Waals surface area contributed by atoms with Gasteiger partial charge in [0.1, 0.15) is 29.8 Å². The molecule has 8 heteroatoms. The normalized spacial score (nSPS) is 23.0. The molecule has 0 unspecified atom stereocenters. The third kappa shape index (κ3) is 3.77. The molecule has 1 aromatic carbocycles. The van der Waals surface area contributed by atoms with Gasteiger partial charge in [-0.15, -0.1) is 0 Å². The number of benzene rings is 1. The number of carbonyl (C=O) groups excluding carboxylic acids is 1. The van der Waals surface area contributed by atoms with Gasteiger partial charge in [0.15, 0.2) is 6.39 Å². The summed E-state index contributed by atoms with van der Waals surface area (Å²) < 4.78 is 28.3. The summed E-state index contributed by atoms with van der Waals surface area (Å²) in [6.07, 6.45) is 0.695. The standard InChI is InChI=1S/C19H22N2O6/c1-12-18(26-11-20-12)19(22)21-7-16-17(8-21)25-10-15(9-24-16)27-14-5-3-4-13(6-14)23-2/h3-6,11,15-17H,7-10H2,1-2H3/t16-,17-/m0/s1. The highest BCUT2D eigenvalue weighted by atomic mass is 16.6. The zero-order valence-electron chi connectivity index (χ0n) is 15.3. The van der Waals surface area contributed by atoms with E-state index in [9.17, 15) is 4.79 Å². The molecule has 2 atom stereocenters. The second kappa shape index (κ2) is 7.58. The number of nitrogens with zero attached hydrogens (tertiary/aromatic N) is 2. The molecule has 0 aliphatic carbocycles. The van der Waals surface area contributed by atoms with Crippen molar-refractivity contribution in [3.8, 4) is 11.5 Å². The lowest BCUT2D eigenvalue weighted by atomic mass is 10.3. The van der Waals surface area contributed by atoms with E-state index in [0.717, 1.165) is 5.75 Å². The van der Waals surface area contributed by atoms with Crippen molar-refractivity contribution in [3.05, 3.63) is 42.1 Å². The maximum Gasteiger partial charge on any atom is 0.291 e. The van der Waals surface area contributed by atoms with Gasteiger partial charge in [-0.2, -0.15) is 0 Å². The summed E-state index contributed by atoms with van der Waals surface area (Å²) in [5.74, 6) is 1.52. The number of amides is 1. The lowest BCUT2D eigenvalue weighted by molar-refractivity contribution is -0.00461. The largest absolute Gasteiger partial charge is 0.497 e. The van der Waals surface area contributed by atoms with Crippen LogP contribution in [0.5, 0.6) is 11.5 Å². The van der Waals surface area contributed by atoms with Crippen molar-refractivity contribution >= 4 is 5.91 Å². The second-order valence-corrected chi connectivity index (χ2v) is 6.64. The number of rotatable bonds is 4. The van der Waals surface area contributed by atoms with Gasteiger partial charge >= 0.3 is 0 Å². The Bertz CT molecular complexity index is 791. The van der Waals surface area contributed by atoms with Gasteiger partial charge in [0.2, 0.25) is 5.76 Å². The first-order chi connectivity index (χ1) is 13.1. The summed E-state index contributed by atoms with van der Waals surface area (Å²) in [4.78, 5) is 18.2. The van der Waals surface area contributed by atoms with Crippen LogP contribution in [0.2, 0.25) is 0 Å². The van der Waals surface area contributed by atoms with Gasteiger partial charge < -0.3 is 28.3 Å². The molecule has 2 fully saturated rings. The molecule has 0 saturated carbocycles. The summed E-state index contributed by atoms with van der Waals surface area (Å²) in [5, 5.41) is 0. The number of hydrogen-bond acceptors (Lipinski definition) is 7. The minimum absolute atomic E-state index is 0.184. The number of hydrogen-bond donors (Lipinski definition) is 0. The minimum Gasteiger partial charge on any atom is -0.497 e. The highest BCUT2D eigenvalue weighted by Crippen LogP contribution is 2.25. The molecular formula is C19H22N2O6. The van der Waals surface area contributed by atoms with Gasteiger partial charge in [0, 0.05) is 6.07 Å². The molecule has 4 rings (SSSR count). The van der Waals surface area contributed by atoms with Crippen LogP contribution < -0.4 is 9.47 Å². The molecule has 2 saturated heterocycles. The maximum absolute atomic E-state index is 12.6. The Morgan fingerprint density at radius 2 is 1.89 bits per heavy atom. The quantitative estimate of drug-likeness (QED) is 0.805. The molecule has 1 amide bonds. The van der Waals surface area contributed by atoms with E-state index in [-0.39, 0.29) is 30.0 Å². The van der Waals surface area contributed by atoms with Crippen molar-refractivity contribution in [2.45, 2.75) is 25.2 Å². The van der Waals surface area contributed by atoms with Crippen LogP contribution in [-0.4, -0.2) is 67.5 Å². The molecule has 0 N–H and O–H groups in total. The zero-order valence-corrected chi connectivity index (χ0v) is 15.3. The SMILES string of the molecule is COc1cccc(OC2CO[C@H]3CN(C(=O)c4ocnc4C)C[C@@H]3OC2)c1. The van der Waals surface area contributed by atoms with E-state index in [1.54, 1.807) is 18.9 Å². The number of carbonyl (C=O) groups is 1. The molecule has 2 aliphatic heterocycles. The van der Waals surface area contributed by atoms with Gasteiger partial charge in [-0.1, -0.05) is 6.07 Å². The number of ether oxygens (including phenoxy) is 4. The van der Waals surface area contributed by atoms with E-state index in [0.29, 0.717) is 37.7 Å². The summed E-state index contributed by atoms with van der Waals surface area (Å²) in [6, 6.07) is 7.43. The van der Waals surface area contributed by atoms with Crippen LogP contribution in [0.1, 0.15) is 16.2 Å². The van der Waals surface area contributed by atoms with Gasteiger partial charge in [0.25, 0.3) is 5.91 Å². The molecule has 3 heterocycles. The number of aromatic nitrogens is 1. The number of methoxy groups -OCH3 is 1. The van der Waals surface area contributed by atoms with E-state index >= 15 is 0 Å². The van der Waals surface area contributed by atoms with Crippen LogP contribution in [0.25, 0.3) is 0 Å². The molecule has 1 aromatic heterocycles. The predicted molar refractivity (Wildman–Crippen MR) is 94.0 cm³/mol. The predicted octanol–water partition coefficient (Wildman–Crippen LogP) is 1.68. The first-order valence-electron chi connectivity index (χ1n) is 8.87. The van der Waals surface area contributed by atoms with Crippen LogP contribution in [-0.2, 0) is 9.47 Å². The number of likely N-dealkylation sites (tertiary alicyclic amines) is 1. The number of oxazole rings is 1. The van der Waals surface area contributed by atoms with Crippen LogP contribution in [0, 0.1) is 6.92 Å². The van der Waals surface area contributed by atoms with Crippen molar-refractivity contribution in [1.29, 1.82) is 0 Å². The number of aryl methyl sites for hydroxylation is 1. The first-order valence-corrected chi connectivity index (χ1v) is 8.87. The molecule has 144 valence electrons. The topological polar surface area (TPSA) is 83.3 Å². The van der Waals surface area contributed by atoms with Crippen molar-refractivity contribution in [1.82, 2.24) is 9.88 Å². The average molecular weight is 374 g/mol. The summed E-state index contributed by atoms with van der Waals surface area (Å²) in [7, 11) is 1.62. The second-order valence-electron chi connectivity index (χ2n) is 6.64. The van der Waals surface area contributed by atoms with Gasteiger partial charge in [0.05, 0.1) is 39.1 Å². The summed E-state index contributed by atoms with van der Waals surface area (Å²) in [6.45, 7) is 3.44. The van der Waals surface area contributed by atoms with Gasteiger partial charge in [-0.05, 0) is 19.1 Å². The Morgan fingerprint density at radius 1 is 1.19 bits per heavy atom. The Balaban J connectivity index is 1.35. The van der Waals surface area contributed by atoms with Crippen molar-refractivity contribution < 1.29 is 28.2 Å². The summed E-state index contributed by atoms with van der Waals surface area (Å²) in [5.41, 5.74) is 0.584. The van der Waals surface area contributed by atoms with E-state index in [1.165, 1.54) is 6.39 Å². The minimum atomic E-state index is -0.219. The maximum atomic E-state index is 12.6. The van der Waals surface area contributed by atoms with E-state index in [4.69, 9.17) is 23.4 Å². The molecule has 2 aliphatic rings.